The Bertz CT molecular complexity index is 727. The summed E-state index contributed by atoms with van der Waals surface area (Å²) in [6.45, 7) is 1.66. The first-order chi connectivity index (χ1) is 8.91. The van der Waals surface area contributed by atoms with Crippen LogP contribution in [0.25, 0.3) is 5.69 Å². The lowest BCUT2D eigenvalue weighted by atomic mass is 10.3. The van der Waals surface area contributed by atoms with E-state index in [1.807, 2.05) is 0 Å². The number of aromatic nitrogens is 2. The summed E-state index contributed by atoms with van der Waals surface area (Å²) in [6.07, 6.45) is 0. The molecule has 0 bridgehead atoms. The zero-order chi connectivity index (χ0) is 14.2. The van der Waals surface area contributed by atoms with Crippen molar-refractivity contribution in [2.45, 2.75) is 6.92 Å². The number of rotatable bonds is 2. The summed E-state index contributed by atoms with van der Waals surface area (Å²) in [5, 5.41) is 13.3. The van der Waals surface area contributed by atoms with Crippen LogP contribution >= 0.6 is 27.5 Å². The van der Waals surface area contributed by atoms with Crippen molar-refractivity contribution in [2.75, 3.05) is 0 Å². The number of aryl methyl sites for hydroxylation is 1. The van der Waals surface area contributed by atoms with Crippen LogP contribution in [0.4, 0.5) is 0 Å². The van der Waals surface area contributed by atoms with E-state index in [1.54, 1.807) is 25.1 Å². The van der Waals surface area contributed by atoms with Gasteiger partial charge in [0.05, 0.1) is 15.2 Å². The van der Waals surface area contributed by atoms with Crippen molar-refractivity contribution in [3.05, 3.63) is 55.4 Å². The van der Waals surface area contributed by atoms with E-state index in [0.29, 0.717) is 20.9 Å². The van der Waals surface area contributed by atoms with Gasteiger partial charge in [-0.25, -0.2) is 9.48 Å². The normalized spacial score (nSPS) is 10.5. The van der Waals surface area contributed by atoms with Crippen LogP contribution in [-0.2, 0) is 0 Å². The third kappa shape index (κ3) is 2.54. The predicted molar refractivity (Wildman–Crippen MR) is 74.2 cm³/mol. The van der Waals surface area contributed by atoms with Gasteiger partial charge in [-0.15, -0.1) is 0 Å². The second-order valence-electron chi connectivity index (χ2n) is 3.79. The number of carboxylic acid groups (broad SMARTS) is 1. The molecule has 0 saturated carbocycles. The third-order valence-corrected chi connectivity index (χ3v) is 3.85. The molecule has 2 aromatic rings. The zero-order valence-electron chi connectivity index (χ0n) is 9.72. The van der Waals surface area contributed by atoms with E-state index < -0.39 is 17.1 Å². The lowest BCUT2D eigenvalue weighted by molar-refractivity contribution is 0.0686. The molecule has 0 saturated heterocycles. The summed E-state index contributed by atoms with van der Waals surface area (Å²) < 4.78 is 1.94. The first kappa shape index (κ1) is 13.8. The van der Waals surface area contributed by atoms with Crippen molar-refractivity contribution in [2.24, 2.45) is 0 Å². The molecule has 7 heteroatoms. The monoisotopic (exact) mass is 342 g/mol. The van der Waals surface area contributed by atoms with Crippen molar-refractivity contribution in [1.82, 2.24) is 9.78 Å². The Morgan fingerprint density at radius 2 is 2.16 bits per heavy atom. The molecular weight excluding hydrogens is 335 g/mol. The van der Waals surface area contributed by atoms with Crippen LogP contribution in [0, 0.1) is 6.92 Å². The van der Waals surface area contributed by atoms with Crippen molar-refractivity contribution in [3.8, 4) is 5.69 Å². The van der Waals surface area contributed by atoms with Gasteiger partial charge in [0.2, 0.25) is 11.1 Å². The van der Waals surface area contributed by atoms with Crippen LogP contribution in [0.5, 0.6) is 0 Å². The Morgan fingerprint density at radius 1 is 1.47 bits per heavy atom. The van der Waals surface area contributed by atoms with Gasteiger partial charge in [-0.05, 0) is 35.0 Å². The first-order valence-corrected chi connectivity index (χ1v) is 6.37. The standard InChI is InChI=1S/C12H8BrClN2O3/c1-6-5-9(17)11(12(18)19)15-16(6)8-4-2-3-7(14)10(8)13/h2-5H,1H3,(H,18,19). The van der Waals surface area contributed by atoms with Gasteiger partial charge in [-0.1, -0.05) is 17.7 Å². The molecule has 1 aromatic heterocycles. The third-order valence-electron chi connectivity index (χ3n) is 2.47. The van der Waals surface area contributed by atoms with Gasteiger partial charge < -0.3 is 5.11 Å². The molecule has 0 amide bonds. The summed E-state index contributed by atoms with van der Waals surface area (Å²) in [5.74, 6) is -1.36. The molecule has 0 aliphatic carbocycles. The zero-order valence-corrected chi connectivity index (χ0v) is 12.1. The van der Waals surface area contributed by atoms with Crippen LogP contribution in [0.1, 0.15) is 16.2 Å². The van der Waals surface area contributed by atoms with Gasteiger partial charge in [-0.3, -0.25) is 4.79 Å². The van der Waals surface area contributed by atoms with E-state index in [2.05, 4.69) is 21.0 Å². The van der Waals surface area contributed by atoms with Crippen molar-refractivity contribution in [1.29, 1.82) is 0 Å². The number of hydrogen-bond acceptors (Lipinski definition) is 3. The topological polar surface area (TPSA) is 72.2 Å². The van der Waals surface area contributed by atoms with Gasteiger partial charge in [-0.2, -0.15) is 5.10 Å². The highest BCUT2D eigenvalue weighted by Crippen LogP contribution is 2.28. The van der Waals surface area contributed by atoms with Gasteiger partial charge >= 0.3 is 5.97 Å². The maximum Gasteiger partial charge on any atom is 0.360 e. The Balaban J connectivity index is 2.76. The highest BCUT2D eigenvalue weighted by molar-refractivity contribution is 9.10. The van der Waals surface area contributed by atoms with Crippen LogP contribution in [0.2, 0.25) is 5.02 Å². The number of hydrogen-bond donors (Lipinski definition) is 1. The van der Waals surface area contributed by atoms with Crippen LogP contribution in [0.3, 0.4) is 0 Å². The fourth-order valence-corrected chi connectivity index (χ4v) is 2.20. The average Bonchev–Trinajstić information content (AvgIpc) is 2.33. The average molecular weight is 344 g/mol. The SMILES string of the molecule is Cc1cc(=O)c(C(=O)O)nn1-c1cccc(Cl)c1Br. The molecule has 0 fully saturated rings. The largest absolute Gasteiger partial charge is 0.476 e. The van der Waals surface area contributed by atoms with E-state index in [-0.39, 0.29) is 0 Å². The first-order valence-electron chi connectivity index (χ1n) is 5.20. The number of carboxylic acids is 1. The highest BCUT2D eigenvalue weighted by Gasteiger charge is 2.15. The van der Waals surface area contributed by atoms with E-state index in [4.69, 9.17) is 16.7 Å². The molecular formula is C12H8BrClN2O3. The Labute approximate surface area is 121 Å². The molecule has 1 heterocycles. The van der Waals surface area contributed by atoms with E-state index in [0.717, 1.165) is 0 Å². The summed E-state index contributed by atoms with van der Waals surface area (Å²) in [6, 6.07) is 6.34. The number of halogens is 2. The van der Waals surface area contributed by atoms with Gasteiger partial charge in [0.1, 0.15) is 0 Å². The van der Waals surface area contributed by atoms with E-state index >= 15 is 0 Å². The fourth-order valence-electron chi connectivity index (χ4n) is 1.60. The number of aromatic carboxylic acids is 1. The summed E-state index contributed by atoms with van der Waals surface area (Å²) in [4.78, 5) is 22.5. The van der Waals surface area contributed by atoms with Crippen LogP contribution in [0.15, 0.2) is 33.5 Å². The molecule has 98 valence electrons. The molecule has 0 unspecified atom stereocenters. The minimum atomic E-state index is -1.36. The Kier molecular flexibility index (Phi) is 3.73. The molecule has 0 aliphatic heterocycles. The second kappa shape index (κ2) is 5.14. The maximum atomic E-state index is 11.5. The molecule has 1 N–H and O–H groups in total. The molecule has 0 atom stereocenters. The lowest BCUT2D eigenvalue weighted by Gasteiger charge is -2.12. The highest BCUT2D eigenvalue weighted by atomic mass is 79.9. The van der Waals surface area contributed by atoms with E-state index in [1.165, 1.54) is 10.7 Å². The Morgan fingerprint density at radius 3 is 2.79 bits per heavy atom. The fraction of sp³-hybridized carbons (Fsp3) is 0.0833. The minimum Gasteiger partial charge on any atom is -0.476 e. The molecule has 5 nitrogen and oxygen atoms in total. The second-order valence-corrected chi connectivity index (χ2v) is 4.99. The van der Waals surface area contributed by atoms with Crippen molar-refractivity contribution >= 4 is 33.5 Å². The predicted octanol–water partition coefficient (Wildman–Crippen LogP) is 2.66. The number of benzene rings is 1. The Hall–Kier alpha value is -1.66. The summed E-state index contributed by atoms with van der Waals surface area (Å²) in [7, 11) is 0. The quantitative estimate of drug-likeness (QED) is 0.910. The van der Waals surface area contributed by atoms with Gasteiger partial charge in [0.15, 0.2) is 0 Å². The van der Waals surface area contributed by atoms with Crippen LogP contribution in [-0.4, -0.2) is 20.9 Å². The molecule has 0 spiro atoms. The molecule has 19 heavy (non-hydrogen) atoms. The van der Waals surface area contributed by atoms with Crippen molar-refractivity contribution < 1.29 is 9.90 Å². The number of carbonyl (C=O) groups is 1. The minimum absolute atomic E-state index is 0.467. The van der Waals surface area contributed by atoms with Gasteiger partial charge in [0.25, 0.3) is 0 Å². The number of nitrogens with zero attached hydrogens (tertiary/aromatic N) is 2. The van der Waals surface area contributed by atoms with Crippen molar-refractivity contribution in [3.63, 3.8) is 0 Å². The molecule has 0 aliphatic rings. The summed E-state index contributed by atoms with van der Waals surface area (Å²) in [5.41, 5.74) is -0.0812. The molecule has 0 radical (unpaired) electrons. The smallest absolute Gasteiger partial charge is 0.360 e. The molecule has 1 aromatic carbocycles. The van der Waals surface area contributed by atoms with E-state index in [9.17, 15) is 9.59 Å². The van der Waals surface area contributed by atoms with Gasteiger partial charge in [0, 0.05) is 11.8 Å². The lowest BCUT2D eigenvalue weighted by Crippen LogP contribution is -2.22. The molecule has 2 rings (SSSR count). The summed E-state index contributed by atoms with van der Waals surface area (Å²) >= 11 is 9.30. The maximum absolute atomic E-state index is 11.5. The van der Waals surface area contributed by atoms with Crippen LogP contribution < -0.4 is 5.43 Å².